The van der Waals surface area contributed by atoms with Crippen LogP contribution in [0.5, 0.6) is 0 Å². The summed E-state index contributed by atoms with van der Waals surface area (Å²) in [5, 5.41) is 0. The predicted octanol–water partition coefficient (Wildman–Crippen LogP) is 5.06. The summed E-state index contributed by atoms with van der Waals surface area (Å²) in [7, 11) is -8.27. The Morgan fingerprint density at radius 2 is 1.15 bits per heavy atom. The normalized spacial score (nSPS) is 37.3. The van der Waals surface area contributed by atoms with E-state index >= 15 is 0 Å². The quantitative estimate of drug-likeness (QED) is 0.200. The zero-order valence-corrected chi connectivity index (χ0v) is 34.6. The van der Waals surface area contributed by atoms with E-state index in [-0.39, 0.29) is 27.6 Å². The molecule has 3 rings (SSSR count). The van der Waals surface area contributed by atoms with Gasteiger partial charge in [0.2, 0.25) is 0 Å². The number of carbonyl (C=O) groups excluding carboxylic acids is 1. The molecule has 4 unspecified atom stereocenters. The lowest BCUT2D eigenvalue weighted by molar-refractivity contribution is -0.143. The maximum Gasteiger partial charge on any atom is 0.332 e. The maximum absolute atomic E-state index is 13.6. The minimum Gasteiger partial charge on any atom is -0.465 e. The number of esters is 1. The van der Waals surface area contributed by atoms with Crippen molar-refractivity contribution in [2.45, 2.75) is 159 Å². The molecule has 0 N–H and O–H groups in total. The third-order valence-electron chi connectivity index (χ3n) is 9.65. The maximum atomic E-state index is 13.6. The van der Waals surface area contributed by atoms with Crippen molar-refractivity contribution < 1.29 is 22.8 Å². The Bertz CT molecular complexity index is 890. The van der Waals surface area contributed by atoms with Crippen molar-refractivity contribution in [2.75, 3.05) is 0 Å². The van der Waals surface area contributed by atoms with Crippen LogP contribution in [0.2, 0.25) is 43.3 Å². The lowest BCUT2D eigenvalue weighted by atomic mass is 10.0. The van der Waals surface area contributed by atoms with Crippen LogP contribution in [0.1, 0.15) is 93.9 Å². The van der Waals surface area contributed by atoms with E-state index in [1.165, 1.54) is 37.4 Å². The summed E-state index contributed by atoms with van der Waals surface area (Å²) in [5.41, 5.74) is 0.788. The van der Waals surface area contributed by atoms with E-state index in [2.05, 4.69) is 74.7 Å². The minimum absolute atomic E-state index is 0.0215. The Kier molecular flexibility index (Phi) is 10.3. The summed E-state index contributed by atoms with van der Waals surface area (Å²) in [6.45, 7) is 29.5. The molecule has 0 amide bonds. The number of hydrogen-bond donors (Lipinski definition) is 0. The fourth-order valence-electron chi connectivity index (χ4n) is 8.32. The monoisotopic (exact) mass is 644 g/mol. The highest BCUT2D eigenvalue weighted by Crippen LogP contribution is 2.43. The van der Waals surface area contributed by atoms with E-state index in [0.29, 0.717) is 11.1 Å². The molecular weight excluding hydrogens is 585 g/mol. The molecule has 39 heavy (non-hydrogen) atoms. The molecule has 0 aliphatic carbocycles. The molecule has 3 saturated heterocycles. The van der Waals surface area contributed by atoms with E-state index in [9.17, 15) is 4.79 Å². The first kappa shape index (κ1) is 33.9. The van der Waals surface area contributed by atoms with Crippen LogP contribution in [0.4, 0.5) is 0 Å². The Balaban J connectivity index is 2.07. The smallest absolute Gasteiger partial charge is 0.332 e. The first-order valence-corrected chi connectivity index (χ1v) is 32.7. The summed E-state index contributed by atoms with van der Waals surface area (Å²) in [6, 6.07) is 3.68. The van der Waals surface area contributed by atoms with Gasteiger partial charge >= 0.3 is 5.97 Å². The topological polar surface area (TPSA) is 54.0 Å². The second-order valence-corrected chi connectivity index (χ2v) is 49.5. The number of hydrogen-bond acceptors (Lipinski definition) is 5. The van der Waals surface area contributed by atoms with Crippen LogP contribution in [0, 0.1) is 0 Å². The molecule has 11 heteroatoms. The molecule has 0 spiro atoms. The van der Waals surface area contributed by atoms with Gasteiger partial charge in [0, 0.05) is 5.57 Å². The van der Waals surface area contributed by atoms with Crippen molar-refractivity contribution >= 4 is 56.6 Å². The number of rotatable bonds is 9. The van der Waals surface area contributed by atoms with Gasteiger partial charge in [0.15, 0.2) is 23.5 Å². The second-order valence-electron chi connectivity index (χ2n) is 16.2. The van der Waals surface area contributed by atoms with Gasteiger partial charge in [-0.05, 0) is 111 Å². The Morgan fingerprint density at radius 3 is 1.51 bits per heavy atom. The van der Waals surface area contributed by atoms with E-state index in [0.717, 1.165) is 19.3 Å². The van der Waals surface area contributed by atoms with Gasteiger partial charge in [0.1, 0.15) is 0 Å². The van der Waals surface area contributed by atoms with E-state index in [1.54, 1.807) is 0 Å². The lowest BCUT2D eigenvalue weighted by Gasteiger charge is -2.53. The van der Waals surface area contributed by atoms with Crippen LogP contribution in [0.3, 0.4) is 0 Å². The molecule has 4 atom stereocenters. The summed E-state index contributed by atoms with van der Waals surface area (Å²) < 4.78 is 28.2. The van der Waals surface area contributed by atoms with Crippen LogP contribution >= 0.6 is 0 Å². The van der Waals surface area contributed by atoms with Crippen LogP contribution in [-0.2, 0) is 22.8 Å². The summed E-state index contributed by atoms with van der Waals surface area (Å²) in [6.07, 6.45) is 7.16. The molecule has 0 aromatic carbocycles. The summed E-state index contributed by atoms with van der Waals surface area (Å²) >= 11 is 0. The molecule has 0 saturated carbocycles. The molecule has 0 aromatic heterocycles. The molecule has 3 aliphatic rings. The zero-order chi connectivity index (χ0) is 29.5. The van der Waals surface area contributed by atoms with Gasteiger partial charge in [0.05, 0.1) is 48.8 Å². The first-order chi connectivity index (χ1) is 17.6. The Labute approximate surface area is 249 Å². The van der Waals surface area contributed by atoms with Crippen molar-refractivity contribution in [3.8, 4) is 0 Å². The fourth-order valence-corrected chi connectivity index (χ4v) is 64.8. The van der Waals surface area contributed by atoms with Gasteiger partial charge in [-0.1, -0.05) is 32.8 Å². The number of carbonyl (C=O) groups is 1. The molecule has 5 nitrogen and oxygen atoms in total. The molecule has 3 aliphatic heterocycles. The Hall–Kier alpha value is 0.391. The highest BCUT2D eigenvalue weighted by atomic mass is 29.2. The second kappa shape index (κ2) is 11.8. The fraction of sp³-hybridized carbons (Fsp3) is 0.893. The van der Waals surface area contributed by atoms with Gasteiger partial charge in [-0.2, -0.15) is 0 Å². The highest BCUT2D eigenvalue weighted by molar-refractivity contribution is 7.32. The van der Waals surface area contributed by atoms with E-state index < -0.39 is 50.6 Å². The van der Waals surface area contributed by atoms with Crippen LogP contribution in [0.15, 0.2) is 12.2 Å². The average molecular weight is 645 g/mol. The third-order valence-corrected chi connectivity index (χ3v) is 46.3. The molecule has 226 valence electrons. The third kappa shape index (κ3) is 9.19. The van der Waals surface area contributed by atoms with Crippen molar-refractivity contribution in [2.24, 2.45) is 0 Å². The van der Waals surface area contributed by atoms with Crippen molar-refractivity contribution in [1.29, 1.82) is 0 Å². The summed E-state index contributed by atoms with van der Waals surface area (Å²) in [5.74, 6) is -0.173. The first-order valence-electron chi connectivity index (χ1n) is 15.6. The molecule has 0 radical (unpaired) electrons. The highest BCUT2D eigenvalue weighted by Gasteiger charge is 2.57. The van der Waals surface area contributed by atoms with Gasteiger partial charge in [-0.3, -0.25) is 0 Å². The zero-order valence-electron chi connectivity index (χ0n) is 27.3. The molecule has 3 fully saturated rings. The Morgan fingerprint density at radius 1 is 0.795 bits per heavy atom. The van der Waals surface area contributed by atoms with Crippen molar-refractivity contribution in [3.05, 3.63) is 12.2 Å². The van der Waals surface area contributed by atoms with E-state index in [1.807, 2.05) is 6.92 Å². The SMILES string of the molecule is C=C(C)C(=O)OC([SiH2][Si]1(C)CCCC(C)(C)O1)([SiH2][Si]1(C)CCCC(C)(C)O1)C(C)[SiH2][Si]1(C)CCCC(C)(C)O1. The van der Waals surface area contributed by atoms with Crippen LogP contribution in [-0.4, -0.2) is 78.2 Å². The molecular formula is C28H60O5Si6. The van der Waals surface area contributed by atoms with Crippen LogP contribution < -0.4 is 0 Å². The standard InChI is InChI=1S/C28H60O5Si6/c1-22(2)24(29)30-28(35-38(11)20-14-17-26(6,7)32-38,36-39(12)21-15-18-27(8,9)33-39)23(3)34-37(10)19-13-16-25(4,5)31-37/h23H,1,13-21,34-36H2,2-12H3. The largest absolute Gasteiger partial charge is 0.465 e. The average Bonchev–Trinajstić information content (AvgIpc) is 2.69. The molecule has 3 heterocycles. The summed E-state index contributed by atoms with van der Waals surface area (Å²) in [4.78, 5) is 13.3. The van der Waals surface area contributed by atoms with Crippen molar-refractivity contribution in [3.63, 3.8) is 0 Å². The lowest BCUT2D eigenvalue weighted by Crippen LogP contribution is -2.71. The molecule has 0 bridgehead atoms. The van der Waals surface area contributed by atoms with Gasteiger partial charge in [0.25, 0.3) is 0 Å². The predicted molar refractivity (Wildman–Crippen MR) is 181 cm³/mol. The van der Waals surface area contributed by atoms with Crippen LogP contribution in [0.25, 0.3) is 0 Å². The minimum atomic E-state index is -2.01. The van der Waals surface area contributed by atoms with Gasteiger partial charge in [-0.25, -0.2) is 4.79 Å². The molecule has 0 aromatic rings. The van der Waals surface area contributed by atoms with Crippen molar-refractivity contribution in [1.82, 2.24) is 0 Å². The van der Waals surface area contributed by atoms with Gasteiger partial charge in [-0.15, -0.1) is 0 Å². The van der Waals surface area contributed by atoms with Gasteiger partial charge < -0.3 is 18.0 Å². The van der Waals surface area contributed by atoms with E-state index in [4.69, 9.17) is 18.0 Å². The number of ether oxygens (including phenoxy) is 1.